The van der Waals surface area contributed by atoms with Crippen molar-refractivity contribution >= 4 is 27.5 Å². The van der Waals surface area contributed by atoms with Gasteiger partial charge in [0.2, 0.25) is 0 Å². The largest absolute Gasteiger partial charge is 0.488 e. The highest BCUT2D eigenvalue weighted by molar-refractivity contribution is 9.10. The van der Waals surface area contributed by atoms with E-state index in [0.717, 1.165) is 28.6 Å². The van der Waals surface area contributed by atoms with E-state index in [9.17, 15) is 4.39 Å². The predicted molar refractivity (Wildman–Crippen MR) is 121 cm³/mol. The van der Waals surface area contributed by atoms with Gasteiger partial charge in [0, 0.05) is 28.2 Å². The Bertz CT molecular complexity index is 915. The maximum atomic E-state index is 14.0. The second-order valence-corrected chi connectivity index (χ2v) is 8.37. The molecule has 1 N–H and O–H groups in total. The normalized spacial score (nSPS) is 12.0. The third-order valence-corrected chi connectivity index (χ3v) is 5.65. The van der Waals surface area contributed by atoms with Gasteiger partial charge in [0.25, 0.3) is 0 Å². The molecule has 152 valence electrons. The Kier molecular flexibility index (Phi) is 8.10. The Hall–Kier alpha value is -1.88. The lowest BCUT2D eigenvalue weighted by Crippen LogP contribution is -2.26. The number of hydrogen-bond acceptors (Lipinski definition) is 2. The van der Waals surface area contributed by atoms with E-state index in [1.165, 1.54) is 11.6 Å². The number of ether oxygens (including phenoxy) is 1. The second kappa shape index (κ2) is 10.8. The van der Waals surface area contributed by atoms with Crippen molar-refractivity contribution < 1.29 is 9.13 Å². The summed E-state index contributed by atoms with van der Waals surface area (Å²) >= 11 is 9.63. The molecule has 0 heterocycles. The fraction of sp³-hybridized carbons (Fsp3) is 0.250. The zero-order chi connectivity index (χ0) is 20.6. The molecule has 0 aromatic heterocycles. The van der Waals surface area contributed by atoms with Gasteiger partial charge < -0.3 is 10.1 Å². The van der Waals surface area contributed by atoms with Crippen molar-refractivity contribution in [3.63, 3.8) is 0 Å². The Morgan fingerprint density at radius 1 is 1.07 bits per heavy atom. The third kappa shape index (κ3) is 6.56. The molecule has 3 aromatic carbocycles. The van der Waals surface area contributed by atoms with Crippen LogP contribution in [0, 0.1) is 5.82 Å². The molecule has 0 aliphatic heterocycles. The average Bonchev–Trinajstić information content (AvgIpc) is 2.72. The quantitative estimate of drug-likeness (QED) is 0.361. The number of rotatable bonds is 9. The maximum Gasteiger partial charge on any atom is 0.131 e. The van der Waals surface area contributed by atoms with Crippen LogP contribution in [0.4, 0.5) is 4.39 Å². The molecule has 0 spiro atoms. The van der Waals surface area contributed by atoms with E-state index >= 15 is 0 Å². The average molecular weight is 477 g/mol. The van der Waals surface area contributed by atoms with E-state index in [-0.39, 0.29) is 12.4 Å². The number of nitrogens with one attached hydrogen (secondary N) is 1. The SMILES string of the molecule is C[C@@H](CCc1ccccc1)NCc1cc(Br)ccc1OCc1c(F)cccc1Cl. The van der Waals surface area contributed by atoms with Gasteiger partial charge in [0.05, 0.1) is 5.02 Å². The van der Waals surface area contributed by atoms with Crippen molar-refractivity contribution in [1.29, 1.82) is 0 Å². The molecule has 0 saturated carbocycles. The molecule has 1 atom stereocenters. The lowest BCUT2D eigenvalue weighted by Gasteiger charge is -2.17. The molecule has 0 saturated heterocycles. The highest BCUT2D eigenvalue weighted by Crippen LogP contribution is 2.26. The van der Waals surface area contributed by atoms with Crippen molar-refractivity contribution in [2.24, 2.45) is 0 Å². The molecule has 0 bridgehead atoms. The van der Waals surface area contributed by atoms with Crippen LogP contribution in [0.3, 0.4) is 0 Å². The fourth-order valence-electron chi connectivity index (χ4n) is 3.06. The van der Waals surface area contributed by atoms with Crippen molar-refractivity contribution in [2.45, 2.75) is 39.0 Å². The summed E-state index contributed by atoms with van der Waals surface area (Å²) < 4.78 is 20.9. The molecule has 29 heavy (non-hydrogen) atoms. The maximum absolute atomic E-state index is 14.0. The van der Waals surface area contributed by atoms with Gasteiger partial charge in [-0.2, -0.15) is 0 Å². The minimum Gasteiger partial charge on any atom is -0.488 e. The van der Waals surface area contributed by atoms with Crippen LogP contribution in [0.15, 0.2) is 71.2 Å². The summed E-state index contributed by atoms with van der Waals surface area (Å²) in [6.07, 6.45) is 2.07. The van der Waals surface area contributed by atoms with E-state index in [2.05, 4.69) is 52.4 Å². The molecule has 0 amide bonds. The topological polar surface area (TPSA) is 21.3 Å². The molecular weight excluding hydrogens is 453 g/mol. The van der Waals surface area contributed by atoms with Crippen LogP contribution in [0.5, 0.6) is 5.75 Å². The van der Waals surface area contributed by atoms with E-state index < -0.39 is 0 Å². The Morgan fingerprint density at radius 2 is 1.86 bits per heavy atom. The number of aryl methyl sites for hydroxylation is 1. The molecule has 0 aliphatic carbocycles. The Morgan fingerprint density at radius 3 is 2.62 bits per heavy atom. The lowest BCUT2D eigenvalue weighted by atomic mass is 10.1. The van der Waals surface area contributed by atoms with E-state index in [0.29, 0.717) is 23.2 Å². The summed E-state index contributed by atoms with van der Waals surface area (Å²) in [7, 11) is 0. The summed E-state index contributed by atoms with van der Waals surface area (Å²) in [6, 6.07) is 21.3. The second-order valence-electron chi connectivity index (χ2n) is 7.05. The molecule has 0 unspecified atom stereocenters. The summed E-state index contributed by atoms with van der Waals surface area (Å²) in [5.74, 6) is 0.360. The molecular formula is C24H24BrClFNO. The molecule has 3 rings (SSSR count). The zero-order valence-corrected chi connectivity index (χ0v) is 18.6. The van der Waals surface area contributed by atoms with Crippen LogP contribution in [0.1, 0.15) is 30.0 Å². The van der Waals surface area contributed by atoms with Gasteiger partial charge in [-0.15, -0.1) is 0 Å². The highest BCUT2D eigenvalue weighted by Gasteiger charge is 2.11. The van der Waals surface area contributed by atoms with E-state index in [1.807, 2.05) is 24.3 Å². The first-order valence-electron chi connectivity index (χ1n) is 9.64. The van der Waals surface area contributed by atoms with Crippen molar-refractivity contribution in [1.82, 2.24) is 5.32 Å². The van der Waals surface area contributed by atoms with Gasteiger partial charge in [0.15, 0.2) is 0 Å². The van der Waals surface area contributed by atoms with Gasteiger partial charge in [-0.05, 0) is 55.7 Å². The van der Waals surface area contributed by atoms with Crippen LogP contribution in [-0.4, -0.2) is 6.04 Å². The molecule has 0 radical (unpaired) electrons. The predicted octanol–water partition coefficient (Wildman–Crippen LogP) is 6.93. The molecule has 5 heteroatoms. The first-order valence-corrected chi connectivity index (χ1v) is 10.8. The van der Waals surface area contributed by atoms with Crippen LogP contribution in [-0.2, 0) is 19.6 Å². The van der Waals surface area contributed by atoms with Crippen molar-refractivity contribution in [2.75, 3.05) is 0 Å². The standard InChI is InChI=1S/C24H24BrClFNO/c1-17(10-11-18-6-3-2-4-7-18)28-15-19-14-20(25)12-13-24(19)29-16-21-22(26)8-5-9-23(21)27/h2-9,12-14,17,28H,10-11,15-16H2,1H3/t17-/m0/s1. The minimum absolute atomic E-state index is 0.0870. The van der Waals surface area contributed by atoms with Crippen molar-refractivity contribution in [3.8, 4) is 5.75 Å². The third-order valence-electron chi connectivity index (χ3n) is 4.81. The number of halogens is 3. The fourth-order valence-corrected chi connectivity index (χ4v) is 3.69. The number of hydrogen-bond donors (Lipinski definition) is 1. The van der Waals surface area contributed by atoms with E-state index in [4.69, 9.17) is 16.3 Å². The Balaban J connectivity index is 1.59. The zero-order valence-electron chi connectivity index (χ0n) is 16.3. The van der Waals surface area contributed by atoms with Crippen molar-refractivity contribution in [3.05, 3.63) is 98.7 Å². The van der Waals surface area contributed by atoms with Gasteiger partial charge in [0.1, 0.15) is 18.2 Å². The first kappa shape index (κ1) is 21.8. The summed E-state index contributed by atoms with van der Waals surface area (Å²) in [5, 5.41) is 3.93. The summed E-state index contributed by atoms with van der Waals surface area (Å²) in [5.41, 5.74) is 2.72. The van der Waals surface area contributed by atoms with Gasteiger partial charge in [-0.3, -0.25) is 0 Å². The molecule has 3 aromatic rings. The molecule has 0 fully saturated rings. The first-order chi connectivity index (χ1) is 14.0. The van der Waals surface area contributed by atoms with Gasteiger partial charge >= 0.3 is 0 Å². The van der Waals surface area contributed by atoms with Crippen LogP contribution < -0.4 is 10.1 Å². The minimum atomic E-state index is -0.358. The van der Waals surface area contributed by atoms with Gasteiger partial charge in [-0.1, -0.05) is 63.9 Å². The smallest absolute Gasteiger partial charge is 0.131 e. The lowest BCUT2D eigenvalue weighted by molar-refractivity contribution is 0.295. The van der Waals surface area contributed by atoms with Crippen LogP contribution >= 0.6 is 27.5 Å². The molecule has 2 nitrogen and oxygen atoms in total. The van der Waals surface area contributed by atoms with Gasteiger partial charge in [-0.25, -0.2) is 4.39 Å². The highest BCUT2D eigenvalue weighted by atomic mass is 79.9. The monoisotopic (exact) mass is 475 g/mol. The summed E-state index contributed by atoms with van der Waals surface area (Å²) in [6.45, 7) is 2.93. The molecule has 0 aliphatic rings. The summed E-state index contributed by atoms with van der Waals surface area (Å²) in [4.78, 5) is 0. The number of benzene rings is 3. The van der Waals surface area contributed by atoms with Crippen LogP contribution in [0.25, 0.3) is 0 Å². The van der Waals surface area contributed by atoms with E-state index in [1.54, 1.807) is 12.1 Å². The van der Waals surface area contributed by atoms with Crippen LogP contribution in [0.2, 0.25) is 5.02 Å². The Labute approximate surface area is 185 Å².